The van der Waals surface area contributed by atoms with Crippen LogP contribution < -0.4 is 16.0 Å². The summed E-state index contributed by atoms with van der Waals surface area (Å²) in [5.74, 6) is -0.213. The fourth-order valence-corrected chi connectivity index (χ4v) is 4.13. The predicted octanol–water partition coefficient (Wildman–Crippen LogP) is 4.08. The molecule has 2 amide bonds. The van der Waals surface area contributed by atoms with Crippen molar-refractivity contribution in [2.75, 3.05) is 6.54 Å². The first-order valence-electron chi connectivity index (χ1n) is 11.1. The van der Waals surface area contributed by atoms with Gasteiger partial charge in [-0.3, -0.25) is 9.59 Å². The highest BCUT2D eigenvalue weighted by Gasteiger charge is 2.31. The summed E-state index contributed by atoms with van der Waals surface area (Å²) in [6.07, 6.45) is 1.80. The van der Waals surface area contributed by atoms with Crippen LogP contribution >= 0.6 is 0 Å². The van der Waals surface area contributed by atoms with Gasteiger partial charge in [0.2, 0.25) is 5.91 Å². The first kappa shape index (κ1) is 21.8. The number of amides is 2. The third-order valence-corrected chi connectivity index (χ3v) is 5.93. The molecule has 0 unspecified atom stereocenters. The summed E-state index contributed by atoms with van der Waals surface area (Å²) in [6, 6.07) is 26.1. The van der Waals surface area contributed by atoms with Crippen LogP contribution in [0.3, 0.4) is 0 Å². The first-order chi connectivity index (χ1) is 15.6. The average Bonchev–Trinajstić information content (AvgIpc) is 3.38. The third-order valence-electron chi connectivity index (χ3n) is 5.93. The number of nitrogens with one attached hydrogen (secondary N) is 3. The summed E-state index contributed by atoms with van der Waals surface area (Å²) in [5, 5.41) is 9.68. The van der Waals surface area contributed by atoms with Crippen molar-refractivity contribution in [3.8, 4) is 0 Å². The highest BCUT2D eigenvalue weighted by atomic mass is 16.2. The van der Waals surface area contributed by atoms with Crippen LogP contribution in [0, 0.1) is 6.92 Å². The van der Waals surface area contributed by atoms with Gasteiger partial charge in [-0.05, 0) is 49.6 Å². The summed E-state index contributed by atoms with van der Waals surface area (Å²) >= 11 is 0. The molecule has 0 spiro atoms. The largest absolute Gasteiger partial charge is 0.345 e. The fourth-order valence-electron chi connectivity index (χ4n) is 4.13. The molecule has 1 saturated heterocycles. The summed E-state index contributed by atoms with van der Waals surface area (Å²) in [4.78, 5) is 26.3. The second kappa shape index (κ2) is 10.2. The van der Waals surface area contributed by atoms with E-state index in [0.717, 1.165) is 36.1 Å². The topological polar surface area (TPSA) is 70.2 Å². The number of rotatable bonds is 7. The SMILES string of the molecule is Cc1ccc(C(=O)N[C@@H](c2ccccc2)[C@@H](NC(=O)[C@@H]2CCCN2)c2ccccc2)cc1. The Hall–Kier alpha value is -3.44. The molecule has 1 aliphatic rings. The van der Waals surface area contributed by atoms with Gasteiger partial charge in [-0.25, -0.2) is 0 Å². The van der Waals surface area contributed by atoms with Crippen LogP contribution in [0.15, 0.2) is 84.9 Å². The highest BCUT2D eigenvalue weighted by molar-refractivity contribution is 5.94. The van der Waals surface area contributed by atoms with Gasteiger partial charge >= 0.3 is 0 Å². The van der Waals surface area contributed by atoms with Gasteiger partial charge in [0.05, 0.1) is 18.1 Å². The predicted molar refractivity (Wildman–Crippen MR) is 126 cm³/mol. The maximum absolute atomic E-state index is 13.2. The lowest BCUT2D eigenvalue weighted by molar-refractivity contribution is -0.123. The Labute approximate surface area is 189 Å². The molecule has 0 bridgehead atoms. The molecule has 1 heterocycles. The summed E-state index contributed by atoms with van der Waals surface area (Å²) < 4.78 is 0. The van der Waals surface area contributed by atoms with Crippen molar-refractivity contribution in [2.45, 2.75) is 37.9 Å². The first-order valence-corrected chi connectivity index (χ1v) is 11.1. The minimum atomic E-state index is -0.433. The second-order valence-corrected chi connectivity index (χ2v) is 8.27. The van der Waals surface area contributed by atoms with Gasteiger partial charge in [-0.15, -0.1) is 0 Å². The molecule has 5 heteroatoms. The molecule has 1 fully saturated rings. The third kappa shape index (κ3) is 5.24. The fraction of sp³-hybridized carbons (Fsp3) is 0.259. The van der Waals surface area contributed by atoms with E-state index in [1.807, 2.05) is 91.9 Å². The molecule has 3 aromatic carbocycles. The van der Waals surface area contributed by atoms with E-state index < -0.39 is 12.1 Å². The minimum absolute atomic E-state index is 0.0399. The Balaban J connectivity index is 1.68. The lowest BCUT2D eigenvalue weighted by Crippen LogP contribution is -2.46. The zero-order valence-corrected chi connectivity index (χ0v) is 18.3. The van der Waals surface area contributed by atoms with Crippen LogP contribution in [-0.4, -0.2) is 24.4 Å². The van der Waals surface area contributed by atoms with Crippen molar-refractivity contribution in [3.63, 3.8) is 0 Å². The molecule has 164 valence electrons. The Morgan fingerprint density at radius 1 is 0.812 bits per heavy atom. The van der Waals surface area contributed by atoms with Crippen molar-refractivity contribution >= 4 is 11.8 Å². The smallest absolute Gasteiger partial charge is 0.251 e. The van der Waals surface area contributed by atoms with E-state index in [1.54, 1.807) is 0 Å². The van der Waals surface area contributed by atoms with E-state index in [2.05, 4.69) is 16.0 Å². The Bertz CT molecular complexity index is 1030. The number of carbonyl (C=O) groups excluding carboxylic acids is 2. The summed E-state index contributed by atoms with van der Waals surface area (Å²) in [5.41, 5.74) is 3.56. The monoisotopic (exact) mass is 427 g/mol. The van der Waals surface area contributed by atoms with Crippen LogP contribution in [0.25, 0.3) is 0 Å². The summed E-state index contributed by atoms with van der Waals surface area (Å²) in [7, 11) is 0. The average molecular weight is 428 g/mol. The number of hydrogen-bond acceptors (Lipinski definition) is 3. The van der Waals surface area contributed by atoms with Gasteiger partial charge in [0.1, 0.15) is 0 Å². The van der Waals surface area contributed by atoms with E-state index in [9.17, 15) is 9.59 Å². The van der Waals surface area contributed by atoms with Crippen molar-refractivity contribution < 1.29 is 9.59 Å². The molecule has 32 heavy (non-hydrogen) atoms. The standard InChI is InChI=1S/C27H29N3O2/c1-19-14-16-22(17-15-19)26(31)29-24(20-9-4-2-5-10-20)25(21-11-6-3-7-12-21)30-27(32)23-13-8-18-28-23/h2-7,9-12,14-17,23-25,28H,8,13,18H2,1H3,(H,29,31)(H,30,32)/t23-,24-,25-/m0/s1. The van der Waals surface area contributed by atoms with Crippen LogP contribution in [0.4, 0.5) is 0 Å². The van der Waals surface area contributed by atoms with Crippen molar-refractivity contribution in [3.05, 3.63) is 107 Å². The molecule has 3 atom stereocenters. The van der Waals surface area contributed by atoms with E-state index in [-0.39, 0.29) is 17.9 Å². The Kier molecular flexibility index (Phi) is 6.97. The van der Waals surface area contributed by atoms with E-state index in [1.165, 1.54) is 0 Å². The molecular weight excluding hydrogens is 398 g/mol. The van der Waals surface area contributed by atoms with E-state index >= 15 is 0 Å². The van der Waals surface area contributed by atoms with E-state index in [0.29, 0.717) is 5.56 Å². The van der Waals surface area contributed by atoms with Crippen LogP contribution in [0.5, 0.6) is 0 Å². The van der Waals surface area contributed by atoms with Gasteiger partial charge in [-0.1, -0.05) is 78.4 Å². The quantitative estimate of drug-likeness (QED) is 0.532. The second-order valence-electron chi connectivity index (χ2n) is 8.27. The van der Waals surface area contributed by atoms with Crippen LogP contribution in [-0.2, 0) is 4.79 Å². The van der Waals surface area contributed by atoms with Crippen molar-refractivity contribution in [1.29, 1.82) is 0 Å². The summed E-state index contributed by atoms with van der Waals surface area (Å²) in [6.45, 7) is 2.84. The molecule has 3 aromatic rings. The van der Waals surface area contributed by atoms with Crippen molar-refractivity contribution in [2.24, 2.45) is 0 Å². The maximum Gasteiger partial charge on any atom is 0.251 e. The van der Waals surface area contributed by atoms with Crippen LogP contribution in [0.2, 0.25) is 0 Å². The van der Waals surface area contributed by atoms with Gasteiger partial charge < -0.3 is 16.0 Å². The molecule has 4 rings (SSSR count). The molecule has 5 nitrogen and oxygen atoms in total. The highest BCUT2D eigenvalue weighted by Crippen LogP contribution is 2.30. The Morgan fingerprint density at radius 3 is 1.91 bits per heavy atom. The number of carbonyl (C=O) groups is 2. The molecule has 1 aliphatic heterocycles. The molecule has 0 saturated carbocycles. The maximum atomic E-state index is 13.2. The number of aryl methyl sites for hydroxylation is 1. The molecule has 0 aliphatic carbocycles. The normalized spacial score (nSPS) is 17.3. The zero-order chi connectivity index (χ0) is 22.3. The van der Waals surface area contributed by atoms with Crippen molar-refractivity contribution in [1.82, 2.24) is 16.0 Å². The number of benzene rings is 3. The van der Waals surface area contributed by atoms with Crippen LogP contribution in [0.1, 0.15) is 52.0 Å². The van der Waals surface area contributed by atoms with Gasteiger partial charge in [0, 0.05) is 5.56 Å². The lowest BCUT2D eigenvalue weighted by Gasteiger charge is -2.31. The molecular formula is C27H29N3O2. The zero-order valence-electron chi connectivity index (χ0n) is 18.3. The molecule has 0 aromatic heterocycles. The van der Waals surface area contributed by atoms with E-state index in [4.69, 9.17) is 0 Å². The molecule has 3 N–H and O–H groups in total. The number of hydrogen-bond donors (Lipinski definition) is 3. The van der Waals surface area contributed by atoms with Gasteiger partial charge in [0.15, 0.2) is 0 Å². The van der Waals surface area contributed by atoms with Gasteiger partial charge in [0.25, 0.3) is 5.91 Å². The molecule has 0 radical (unpaired) electrons. The minimum Gasteiger partial charge on any atom is -0.345 e. The Morgan fingerprint density at radius 2 is 1.38 bits per heavy atom. The van der Waals surface area contributed by atoms with Gasteiger partial charge in [-0.2, -0.15) is 0 Å². The lowest BCUT2D eigenvalue weighted by atomic mass is 9.92.